The van der Waals surface area contributed by atoms with Crippen LogP contribution >= 0.6 is 0 Å². The van der Waals surface area contributed by atoms with Crippen LogP contribution in [0.5, 0.6) is 0 Å². The smallest absolute Gasteiger partial charge is 0.0343 e. The molecule has 0 spiro atoms. The Balaban J connectivity index is 2.04. The van der Waals surface area contributed by atoms with Gasteiger partial charge in [0.25, 0.3) is 0 Å². The number of aryl methyl sites for hydroxylation is 2. The lowest BCUT2D eigenvalue weighted by Crippen LogP contribution is -2.18. The third kappa shape index (κ3) is 3.36. The molecular formula is C21H28N2. The number of nitrogens with two attached hydrogens (primary N) is 2. The standard InChI is InChI=1S/C21H28N2/c1-14-12-17(8-10-19(14)22)21(16-6-4-3-5-7-16)18-9-11-20(23)15(2)13-18/h8-13,16,21H,3-7,22-23H2,1-2H3. The summed E-state index contributed by atoms with van der Waals surface area (Å²) in [4.78, 5) is 0. The molecule has 2 heteroatoms. The third-order valence-electron chi connectivity index (χ3n) is 5.43. The van der Waals surface area contributed by atoms with Gasteiger partial charge in [0.2, 0.25) is 0 Å². The average molecular weight is 308 g/mol. The molecule has 0 aliphatic heterocycles. The normalized spacial score (nSPS) is 16.0. The van der Waals surface area contributed by atoms with E-state index in [1.165, 1.54) is 54.4 Å². The lowest BCUT2D eigenvalue weighted by atomic mass is 9.73. The number of hydrogen-bond donors (Lipinski definition) is 2. The van der Waals surface area contributed by atoms with Crippen molar-refractivity contribution in [1.82, 2.24) is 0 Å². The van der Waals surface area contributed by atoms with Gasteiger partial charge >= 0.3 is 0 Å². The molecule has 0 saturated heterocycles. The first-order chi connectivity index (χ1) is 11.1. The molecule has 3 rings (SSSR count). The molecule has 0 radical (unpaired) electrons. The van der Waals surface area contributed by atoms with Crippen molar-refractivity contribution < 1.29 is 0 Å². The summed E-state index contributed by atoms with van der Waals surface area (Å²) < 4.78 is 0. The van der Waals surface area contributed by atoms with E-state index in [2.05, 4.69) is 50.2 Å². The van der Waals surface area contributed by atoms with Crippen LogP contribution in [0.15, 0.2) is 36.4 Å². The molecule has 1 aliphatic rings. The molecule has 2 aromatic rings. The van der Waals surface area contributed by atoms with E-state index in [4.69, 9.17) is 11.5 Å². The Morgan fingerprint density at radius 1 is 0.783 bits per heavy atom. The molecule has 1 aliphatic carbocycles. The van der Waals surface area contributed by atoms with Gasteiger partial charge in [-0.3, -0.25) is 0 Å². The molecule has 0 bridgehead atoms. The summed E-state index contributed by atoms with van der Waals surface area (Å²) >= 11 is 0. The summed E-state index contributed by atoms with van der Waals surface area (Å²) in [6.07, 6.45) is 6.71. The predicted molar refractivity (Wildman–Crippen MR) is 99.6 cm³/mol. The highest BCUT2D eigenvalue weighted by atomic mass is 14.6. The Kier molecular flexibility index (Phi) is 4.61. The van der Waals surface area contributed by atoms with Gasteiger partial charge in [-0.2, -0.15) is 0 Å². The average Bonchev–Trinajstić information content (AvgIpc) is 2.55. The van der Waals surface area contributed by atoms with Crippen LogP contribution in [-0.2, 0) is 0 Å². The molecule has 0 aromatic heterocycles. The second-order valence-electron chi connectivity index (χ2n) is 7.11. The zero-order chi connectivity index (χ0) is 16.4. The Labute approximate surface area is 139 Å². The molecule has 0 atom stereocenters. The molecule has 2 nitrogen and oxygen atoms in total. The highest BCUT2D eigenvalue weighted by molar-refractivity contribution is 5.52. The zero-order valence-corrected chi connectivity index (χ0v) is 14.3. The number of anilines is 2. The van der Waals surface area contributed by atoms with Gasteiger partial charge in [0.1, 0.15) is 0 Å². The van der Waals surface area contributed by atoms with Crippen LogP contribution in [0.25, 0.3) is 0 Å². The molecular weight excluding hydrogens is 280 g/mol. The number of nitrogen functional groups attached to an aromatic ring is 2. The number of rotatable bonds is 3. The van der Waals surface area contributed by atoms with Gasteiger partial charge in [-0.05, 0) is 67.0 Å². The van der Waals surface area contributed by atoms with Gasteiger partial charge in [-0.1, -0.05) is 43.5 Å². The van der Waals surface area contributed by atoms with E-state index < -0.39 is 0 Å². The fourth-order valence-electron chi connectivity index (χ4n) is 3.99. The van der Waals surface area contributed by atoms with Crippen LogP contribution in [0.3, 0.4) is 0 Å². The van der Waals surface area contributed by atoms with E-state index in [9.17, 15) is 0 Å². The number of benzene rings is 2. The minimum Gasteiger partial charge on any atom is -0.399 e. The molecule has 2 aromatic carbocycles. The molecule has 23 heavy (non-hydrogen) atoms. The maximum absolute atomic E-state index is 6.03. The van der Waals surface area contributed by atoms with Crippen LogP contribution in [-0.4, -0.2) is 0 Å². The number of hydrogen-bond acceptors (Lipinski definition) is 2. The summed E-state index contributed by atoms with van der Waals surface area (Å²) in [5.41, 5.74) is 19.0. The maximum atomic E-state index is 6.03. The van der Waals surface area contributed by atoms with Crippen LogP contribution in [0, 0.1) is 19.8 Å². The first kappa shape index (κ1) is 15.9. The van der Waals surface area contributed by atoms with Crippen LogP contribution in [0.4, 0.5) is 11.4 Å². The minimum atomic E-state index is 0.453. The second kappa shape index (κ2) is 6.66. The summed E-state index contributed by atoms with van der Waals surface area (Å²) in [5, 5.41) is 0. The molecule has 4 N–H and O–H groups in total. The van der Waals surface area contributed by atoms with Crippen molar-refractivity contribution in [3.05, 3.63) is 58.7 Å². The molecule has 1 saturated carbocycles. The molecule has 122 valence electrons. The third-order valence-corrected chi connectivity index (χ3v) is 5.43. The van der Waals surface area contributed by atoms with Crippen molar-refractivity contribution in [3.8, 4) is 0 Å². The zero-order valence-electron chi connectivity index (χ0n) is 14.3. The van der Waals surface area contributed by atoms with Crippen LogP contribution < -0.4 is 11.5 Å². The summed E-state index contributed by atoms with van der Waals surface area (Å²) in [5.74, 6) is 1.17. The van der Waals surface area contributed by atoms with Crippen LogP contribution in [0.1, 0.15) is 60.3 Å². The van der Waals surface area contributed by atoms with E-state index in [1.807, 2.05) is 0 Å². The van der Waals surface area contributed by atoms with Gasteiger partial charge in [0, 0.05) is 17.3 Å². The quantitative estimate of drug-likeness (QED) is 0.768. The SMILES string of the molecule is Cc1cc(C(c2ccc(N)c(C)c2)C2CCCCC2)ccc1N. The van der Waals surface area contributed by atoms with Gasteiger partial charge in [0.15, 0.2) is 0 Å². The van der Waals surface area contributed by atoms with E-state index in [0.29, 0.717) is 5.92 Å². The van der Waals surface area contributed by atoms with Gasteiger partial charge in [-0.25, -0.2) is 0 Å². The van der Waals surface area contributed by atoms with Crippen molar-refractivity contribution in [1.29, 1.82) is 0 Å². The van der Waals surface area contributed by atoms with Gasteiger partial charge < -0.3 is 11.5 Å². The Bertz CT molecular complexity index is 633. The predicted octanol–water partition coefficient (Wildman–Crippen LogP) is 5.18. The highest BCUT2D eigenvalue weighted by Gasteiger charge is 2.27. The lowest BCUT2D eigenvalue weighted by molar-refractivity contribution is 0.327. The fourth-order valence-corrected chi connectivity index (χ4v) is 3.99. The Hall–Kier alpha value is -1.96. The van der Waals surface area contributed by atoms with Crippen molar-refractivity contribution in [3.63, 3.8) is 0 Å². The highest BCUT2D eigenvalue weighted by Crippen LogP contribution is 2.41. The van der Waals surface area contributed by atoms with Crippen LogP contribution in [0.2, 0.25) is 0 Å². The largest absolute Gasteiger partial charge is 0.399 e. The summed E-state index contributed by atoms with van der Waals surface area (Å²) in [7, 11) is 0. The van der Waals surface area contributed by atoms with E-state index in [1.54, 1.807) is 0 Å². The molecule has 0 unspecified atom stereocenters. The lowest BCUT2D eigenvalue weighted by Gasteiger charge is -2.32. The Morgan fingerprint density at radius 3 is 1.70 bits per heavy atom. The first-order valence-electron chi connectivity index (χ1n) is 8.78. The molecule has 1 fully saturated rings. The maximum Gasteiger partial charge on any atom is 0.0343 e. The van der Waals surface area contributed by atoms with Gasteiger partial charge in [-0.15, -0.1) is 0 Å². The van der Waals surface area contributed by atoms with E-state index in [0.717, 1.165) is 17.3 Å². The van der Waals surface area contributed by atoms with Crippen molar-refractivity contribution in [2.24, 2.45) is 5.92 Å². The van der Waals surface area contributed by atoms with E-state index in [-0.39, 0.29) is 0 Å². The van der Waals surface area contributed by atoms with Crippen molar-refractivity contribution in [2.45, 2.75) is 51.9 Å². The summed E-state index contributed by atoms with van der Waals surface area (Å²) in [6, 6.07) is 13.1. The van der Waals surface area contributed by atoms with Crippen molar-refractivity contribution in [2.75, 3.05) is 11.5 Å². The van der Waals surface area contributed by atoms with Crippen molar-refractivity contribution >= 4 is 11.4 Å². The fraction of sp³-hybridized carbons (Fsp3) is 0.429. The topological polar surface area (TPSA) is 52.0 Å². The monoisotopic (exact) mass is 308 g/mol. The van der Waals surface area contributed by atoms with Gasteiger partial charge in [0.05, 0.1) is 0 Å². The van der Waals surface area contributed by atoms with E-state index >= 15 is 0 Å². The molecule has 0 heterocycles. The first-order valence-corrected chi connectivity index (χ1v) is 8.78. The minimum absolute atomic E-state index is 0.453. The second-order valence-corrected chi connectivity index (χ2v) is 7.11. The Morgan fingerprint density at radius 2 is 1.26 bits per heavy atom. The summed E-state index contributed by atoms with van der Waals surface area (Å²) in [6.45, 7) is 4.20. The molecule has 0 amide bonds.